The number of ether oxygens (including phenoxy) is 1. The molecule has 0 spiro atoms. The SMILES string of the molecule is COc1cccc(Sc2ccccc2Br)c1C(C)O. The lowest BCUT2D eigenvalue weighted by molar-refractivity contribution is 0.191. The molecule has 100 valence electrons. The normalized spacial score (nSPS) is 12.2. The summed E-state index contributed by atoms with van der Waals surface area (Å²) in [6, 6.07) is 13.8. The predicted octanol–water partition coefficient (Wildman–Crippen LogP) is 4.66. The van der Waals surface area contributed by atoms with Gasteiger partial charge in [0.25, 0.3) is 0 Å². The van der Waals surface area contributed by atoms with Crippen molar-refractivity contribution in [3.8, 4) is 5.75 Å². The van der Waals surface area contributed by atoms with Crippen molar-refractivity contribution < 1.29 is 9.84 Å². The first kappa shape index (κ1) is 14.4. The van der Waals surface area contributed by atoms with Crippen LogP contribution in [0.15, 0.2) is 56.7 Å². The topological polar surface area (TPSA) is 29.5 Å². The minimum atomic E-state index is -0.568. The molecule has 4 heteroatoms. The maximum atomic E-state index is 9.96. The van der Waals surface area contributed by atoms with E-state index in [-0.39, 0.29) is 0 Å². The minimum absolute atomic E-state index is 0.568. The molecule has 0 radical (unpaired) electrons. The van der Waals surface area contributed by atoms with E-state index in [1.807, 2.05) is 42.5 Å². The summed E-state index contributed by atoms with van der Waals surface area (Å²) in [5.41, 5.74) is 0.825. The lowest BCUT2D eigenvalue weighted by Gasteiger charge is -2.16. The maximum Gasteiger partial charge on any atom is 0.125 e. The van der Waals surface area contributed by atoms with E-state index < -0.39 is 6.10 Å². The van der Waals surface area contributed by atoms with Crippen LogP contribution in [0.5, 0.6) is 5.75 Å². The molecule has 0 saturated heterocycles. The van der Waals surface area contributed by atoms with Crippen LogP contribution in [0.1, 0.15) is 18.6 Å². The van der Waals surface area contributed by atoms with Crippen molar-refractivity contribution in [2.75, 3.05) is 7.11 Å². The third kappa shape index (κ3) is 3.32. The minimum Gasteiger partial charge on any atom is -0.496 e. The average Bonchev–Trinajstić information content (AvgIpc) is 2.40. The molecule has 0 aliphatic carbocycles. The van der Waals surface area contributed by atoms with Gasteiger partial charge in [0.1, 0.15) is 5.75 Å². The van der Waals surface area contributed by atoms with Crippen LogP contribution in [0.3, 0.4) is 0 Å². The van der Waals surface area contributed by atoms with Crippen LogP contribution in [0.4, 0.5) is 0 Å². The predicted molar refractivity (Wildman–Crippen MR) is 81.9 cm³/mol. The van der Waals surface area contributed by atoms with Gasteiger partial charge >= 0.3 is 0 Å². The highest BCUT2D eigenvalue weighted by atomic mass is 79.9. The third-order valence-electron chi connectivity index (χ3n) is 2.72. The molecule has 1 N–H and O–H groups in total. The summed E-state index contributed by atoms with van der Waals surface area (Å²) in [6.07, 6.45) is -0.568. The lowest BCUT2D eigenvalue weighted by Crippen LogP contribution is -1.98. The van der Waals surface area contributed by atoms with E-state index in [0.717, 1.165) is 19.8 Å². The molecule has 1 unspecified atom stereocenters. The molecule has 0 heterocycles. The van der Waals surface area contributed by atoms with Crippen LogP contribution in [0.2, 0.25) is 0 Å². The molecule has 0 aliphatic rings. The van der Waals surface area contributed by atoms with Crippen molar-refractivity contribution in [2.45, 2.75) is 22.8 Å². The van der Waals surface area contributed by atoms with E-state index >= 15 is 0 Å². The smallest absolute Gasteiger partial charge is 0.125 e. The first-order chi connectivity index (χ1) is 9.13. The van der Waals surface area contributed by atoms with Gasteiger partial charge in [-0.1, -0.05) is 30.0 Å². The molecular weight excluding hydrogens is 324 g/mol. The van der Waals surface area contributed by atoms with Gasteiger partial charge in [-0.05, 0) is 47.1 Å². The molecule has 19 heavy (non-hydrogen) atoms. The third-order valence-corrected chi connectivity index (χ3v) is 4.83. The Kier molecular flexibility index (Phi) is 4.91. The summed E-state index contributed by atoms with van der Waals surface area (Å²) < 4.78 is 6.37. The molecule has 2 aromatic rings. The monoisotopic (exact) mass is 338 g/mol. The summed E-state index contributed by atoms with van der Waals surface area (Å²) in [6.45, 7) is 1.75. The fourth-order valence-electron chi connectivity index (χ4n) is 1.85. The Bertz CT molecular complexity index is 570. The number of benzene rings is 2. The number of hydrogen-bond acceptors (Lipinski definition) is 3. The number of hydrogen-bond donors (Lipinski definition) is 1. The van der Waals surface area contributed by atoms with Crippen molar-refractivity contribution in [1.29, 1.82) is 0 Å². The largest absolute Gasteiger partial charge is 0.496 e. The van der Waals surface area contributed by atoms with Crippen LogP contribution in [-0.4, -0.2) is 12.2 Å². The molecule has 2 rings (SSSR count). The Morgan fingerprint density at radius 3 is 2.42 bits per heavy atom. The Balaban J connectivity index is 2.43. The summed E-state index contributed by atoms with van der Waals surface area (Å²) in [5.74, 6) is 0.715. The second-order valence-corrected chi connectivity index (χ2v) is 6.02. The van der Waals surface area contributed by atoms with Gasteiger partial charge in [-0.3, -0.25) is 0 Å². The van der Waals surface area contributed by atoms with Crippen molar-refractivity contribution in [3.63, 3.8) is 0 Å². The number of halogens is 1. The van der Waals surface area contributed by atoms with E-state index in [0.29, 0.717) is 5.75 Å². The first-order valence-corrected chi connectivity index (χ1v) is 7.51. The number of rotatable bonds is 4. The molecule has 1 atom stereocenters. The van der Waals surface area contributed by atoms with Crippen molar-refractivity contribution in [3.05, 3.63) is 52.5 Å². The van der Waals surface area contributed by atoms with Gasteiger partial charge in [0.15, 0.2) is 0 Å². The second-order valence-electron chi connectivity index (χ2n) is 4.08. The summed E-state index contributed by atoms with van der Waals surface area (Å²) in [4.78, 5) is 2.11. The van der Waals surface area contributed by atoms with E-state index in [1.54, 1.807) is 25.8 Å². The van der Waals surface area contributed by atoms with Gasteiger partial charge in [-0.2, -0.15) is 0 Å². The highest BCUT2D eigenvalue weighted by Crippen LogP contribution is 2.40. The molecular formula is C15H15BrO2S. The van der Waals surface area contributed by atoms with E-state index in [4.69, 9.17) is 4.74 Å². The number of methoxy groups -OCH3 is 1. The lowest BCUT2D eigenvalue weighted by atomic mass is 10.1. The quantitative estimate of drug-likeness (QED) is 0.878. The molecule has 0 aliphatic heterocycles. The number of aliphatic hydroxyl groups is 1. The van der Waals surface area contributed by atoms with Crippen LogP contribution >= 0.6 is 27.7 Å². The molecule has 2 nitrogen and oxygen atoms in total. The van der Waals surface area contributed by atoms with Gasteiger partial charge < -0.3 is 9.84 Å². The highest BCUT2D eigenvalue weighted by molar-refractivity contribution is 9.10. The molecule has 0 amide bonds. The Labute approximate surface area is 125 Å². The van der Waals surface area contributed by atoms with Crippen molar-refractivity contribution in [1.82, 2.24) is 0 Å². The second kappa shape index (κ2) is 6.46. The van der Waals surface area contributed by atoms with Crippen LogP contribution in [-0.2, 0) is 0 Å². The Morgan fingerprint density at radius 2 is 1.79 bits per heavy atom. The molecule has 2 aromatic carbocycles. The van der Waals surface area contributed by atoms with Crippen LogP contribution < -0.4 is 4.74 Å². The van der Waals surface area contributed by atoms with Crippen molar-refractivity contribution in [2.24, 2.45) is 0 Å². The average molecular weight is 339 g/mol. The van der Waals surface area contributed by atoms with E-state index in [1.165, 1.54) is 0 Å². The molecule has 0 saturated carbocycles. The fourth-order valence-corrected chi connectivity index (χ4v) is 3.45. The number of aliphatic hydroxyl groups excluding tert-OH is 1. The van der Waals surface area contributed by atoms with Gasteiger partial charge in [0.05, 0.1) is 13.2 Å². The first-order valence-electron chi connectivity index (χ1n) is 5.91. The zero-order valence-corrected chi connectivity index (χ0v) is 13.2. The van der Waals surface area contributed by atoms with Gasteiger partial charge in [0, 0.05) is 19.8 Å². The van der Waals surface area contributed by atoms with Crippen molar-refractivity contribution >= 4 is 27.7 Å². The van der Waals surface area contributed by atoms with Gasteiger partial charge in [0.2, 0.25) is 0 Å². The van der Waals surface area contributed by atoms with Gasteiger partial charge in [-0.25, -0.2) is 0 Å². The summed E-state index contributed by atoms with van der Waals surface area (Å²) >= 11 is 5.15. The Hall–Kier alpha value is -0.970. The maximum absolute atomic E-state index is 9.96. The van der Waals surface area contributed by atoms with E-state index in [9.17, 15) is 5.11 Å². The summed E-state index contributed by atoms with van der Waals surface area (Å²) in [7, 11) is 1.62. The molecule has 0 aromatic heterocycles. The van der Waals surface area contributed by atoms with Crippen LogP contribution in [0, 0.1) is 0 Å². The zero-order valence-electron chi connectivity index (χ0n) is 10.8. The molecule has 0 bridgehead atoms. The highest BCUT2D eigenvalue weighted by Gasteiger charge is 2.15. The van der Waals surface area contributed by atoms with Crippen LogP contribution in [0.25, 0.3) is 0 Å². The van der Waals surface area contributed by atoms with Gasteiger partial charge in [-0.15, -0.1) is 0 Å². The Morgan fingerprint density at radius 1 is 1.11 bits per heavy atom. The molecule has 0 fully saturated rings. The zero-order chi connectivity index (χ0) is 13.8. The van der Waals surface area contributed by atoms with E-state index in [2.05, 4.69) is 15.9 Å². The summed E-state index contributed by atoms with van der Waals surface area (Å²) in [5, 5.41) is 9.96. The standard InChI is InChI=1S/C15H15BrO2S/c1-10(17)15-12(18-2)7-5-9-14(15)19-13-8-4-3-6-11(13)16/h3-10,17H,1-2H3. The fraction of sp³-hybridized carbons (Fsp3) is 0.200.